The van der Waals surface area contributed by atoms with Crippen molar-refractivity contribution in [2.24, 2.45) is 0 Å². The van der Waals surface area contributed by atoms with Crippen LogP contribution in [0, 0.1) is 12.7 Å². The van der Waals surface area contributed by atoms with Gasteiger partial charge in [-0.05, 0) is 61.6 Å². The average molecular weight is 679 g/mol. The van der Waals surface area contributed by atoms with Crippen molar-refractivity contribution in [2.75, 3.05) is 24.6 Å². The monoisotopic (exact) mass is 678 g/mol. The van der Waals surface area contributed by atoms with Gasteiger partial charge in [0.15, 0.2) is 5.82 Å². The van der Waals surface area contributed by atoms with Gasteiger partial charge in [-0.3, -0.25) is 19.1 Å². The number of aromatic hydroxyl groups is 1. The van der Waals surface area contributed by atoms with Crippen LogP contribution < -0.4 is 15.2 Å². The first-order valence-electron chi connectivity index (χ1n) is 16.2. The molecule has 0 spiro atoms. The first-order chi connectivity index (χ1) is 23.1. The van der Waals surface area contributed by atoms with Crippen LogP contribution in [0.4, 0.5) is 23.2 Å². The molecule has 12 heteroatoms. The van der Waals surface area contributed by atoms with Gasteiger partial charge < -0.3 is 19.6 Å². The van der Waals surface area contributed by atoms with Crippen LogP contribution in [0.1, 0.15) is 69.0 Å². The van der Waals surface area contributed by atoms with Gasteiger partial charge in [-0.2, -0.15) is 13.2 Å². The number of halogens is 4. The molecule has 2 aromatic heterocycles. The Morgan fingerprint density at radius 1 is 1.10 bits per heavy atom. The van der Waals surface area contributed by atoms with Gasteiger partial charge in [0.05, 0.1) is 22.8 Å². The molecule has 258 valence electrons. The van der Waals surface area contributed by atoms with Crippen molar-refractivity contribution >= 4 is 22.4 Å². The molecule has 0 saturated carbocycles. The number of rotatable bonds is 5. The number of amides is 1. The summed E-state index contributed by atoms with van der Waals surface area (Å²) in [6, 6.07) is 4.91. The van der Waals surface area contributed by atoms with Crippen molar-refractivity contribution in [3.05, 3.63) is 87.9 Å². The predicted octanol–water partition coefficient (Wildman–Crippen LogP) is 7.46. The average Bonchev–Trinajstić information content (AvgIpc) is 3.03. The number of ether oxygens (including phenoxy) is 1. The Bertz CT molecular complexity index is 2050. The highest BCUT2D eigenvalue weighted by Crippen LogP contribution is 2.53. The number of hydrogen-bond donors (Lipinski definition) is 1. The maximum atomic E-state index is 15.5. The molecule has 0 bridgehead atoms. The van der Waals surface area contributed by atoms with Crippen LogP contribution in [0.3, 0.4) is 0 Å². The highest BCUT2D eigenvalue weighted by molar-refractivity contribution is 6.09. The van der Waals surface area contributed by atoms with E-state index in [1.54, 1.807) is 17.2 Å². The van der Waals surface area contributed by atoms with Crippen molar-refractivity contribution < 1.29 is 32.2 Å². The number of aryl methyl sites for hydroxylation is 1. The lowest BCUT2D eigenvalue weighted by molar-refractivity contribution is -0.142. The van der Waals surface area contributed by atoms with Crippen molar-refractivity contribution in [2.45, 2.75) is 71.6 Å². The predicted molar refractivity (Wildman–Crippen MR) is 180 cm³/mol. The molecule has 6 rings (SSSR count). The van der Waals surface area contributed by atoms with E-state index in [4.69, 9.17) is 4.74 Å². The lowest BCUT2D eigenvalue weighted by Crippen LogP contribution is -2.62. The zero-order valence-electron chi connectivity index (χ0n) is 28.2. The number of carbonyl (C=O) groups is 1. The fourth-order valence-corrected chi connectivity index (χ4v) is 7.33. The molecule has 1 amide bonds. The van der Waals surface area contributed by atoms with Crippen molar-refractivity contribution in [3.63, 3.8) is 0 Å². The first-order valence-corrected chi connectivity index (χ1v) is 16.2. The second kappa shape index (κ2) is 12.2. The number of hydrogen-bond acceptors (Lipinski definition) is 6. The molecule has 4 heterocycles. The maximum absolute atomic E-state index is 15.5. The van der Waals surface area contributed by atoms with Crippen molar-refractivity contribution in [1.82, 2.24) is 14.5 Å². The summed E-state index contributed by atoms with van der Waals surface area (Å²) < 4.78 is 67.5. The number of benzene rings is 2. The van der Waals surface area contributed by atoms with E-state index in [1.807, 2.05) is 46.4 Å². The Morgan fingerprint density at radius 2 is 1.82 bits per heavy atom. The van der Waals surface area contributed by atoms with Gasteiger partial charge >= 0.3 is 6.18 Å². The zero-order chi connectivity index (χ0) is 35.7. The molecule has 0 aliphatic carbocycles. The number of alkyl halides is 3. The molecule has 49 heavy (non-hydrogen) atoms. The van der Waals surface area contributed by atoms with Crippen LogP contribution in [-0.2, 0) is 11.0 Å². The number of phenols is 1. The van der Waals surface area contributed by atoms with Crippen LogP contribution in [0.5, 0.6) is 11.5 Å². The summed E-state index contributed by atoms with van der Waals surface area (Å²) >= 11 is 0. The SMILES string of the molecule is C=CC(=O)N1CC2COc3c(C(C)C)c(-c4c(C)ccnc4C(C)C)c4c(=O)n(-c5c(O)cccc5F)c(C(F)(F)F)cc4c3N2CC1C. The van der Waals surface area contributed by atoms with Gasteiger partial charge in [0.25, 0.3) is 5.56 Å². The largest absolute Gasteiger partial charge is 0.506 e. The number of carbonyl (C=O) groups excluding carboxylic acids is 1. The number of phenolic OH excluding ortho intramolecular Hbond substituents is 1. The Balaban J connectivity index is 1.86. The van der Waals surface area contributed by atoms with Crippen LogP contribution in [0.2, 0.25) is 0 Å². The number of piperazine rings is 1. The van der Waals surface area contributed by atoms with Crippen LogP contribution in [0.15, 0.2) is 54.0 Å². The lowest BCUT2D eigenvalue weighted by atomic mass is 9.82. The van der Waals surface area contributed by atoms with Gasteiger partial charge in [-0.15, -0.1) is 0 Å². The summed E-state index contributed by atoms with van der Waals surface area (Å²) in [4.78, 5) is 35.9. The molecule has 8 nitrogen and oxygen atoms in total. The molecule has 0 radical (unpaired) electrons. The minimum Gasteiger partial charge on any atom is -0.506 e. The molecule has 1 fully saturated rings. The summed E-state index contributed by atoms with van der Waals surface area (Å²) in [5, 5.41) is 10.6. The first kappa shape index (κ1) is 34.0. The standard InChI is InChI=1S/C37H38F4N4O4/c1-8-27(47)43-16-22-17-49-35-28(18(2)3)31(29-20(6)12-13-42-32(29)19(4)5)30-23(33(35)44(22)15-21(43)7)14-26(37(39,40)41)45(36(30)48)34-24(38)10-9-11-25(34)46/h8-14,18-19,21-22,46H,1,15-17H2,2-7H3. The molecule has 2 aliphatic heterocycles. The lowest BCUT2D eigenvalue weighted by Gasteiger charge is -2.49. The van der Waals surface area contributed by atoms with Gasteiger partial charge in [-0.1, -0.05) is 40.3 Å². The molecule has 1 N–H and O–H groups in total. The zero-order valence-corrected chi connectivity index (χ0v) is 28.2. The number of para-hydroxylation sites is 1. The third-order valence-electron chi connectivity index (χ3n) is 9.49. The summed E-state index contributed by atoms with van der Waals surface area (Å²) in [5.74, 6) is -2.40. The summed E-state index contributed by atoms with van der Waals surface area (Å²) in [6.45, 7) is 15.6. The number of aromatic nitrogens is 2. The Labute approximate surface area is 281 Å². The van der Waals surface area contributed by atoms with E-state index in [9.17, 15) is 14.7 Å². The Morgan fingerprint density at radius 3 is 2.43 bits per heavy atom. The molecular formula is C37H38F4N4O4. The summed E-state index contributed by atoms with van der Waals surface area (Å²) in [5.41, 5.74) is -0.320. The van der Waals surface area contributed by atoms with Gasteiger partial charge in [0.1, 0.15) is 29.5 Å². The Kier molecular flexibility index (Phi) is 8.49. The molecule has 1 saturated heterocycles. The van der Waals surface area contributed by atoms with Crippen LogP contribution in [0.25, 0.3) is 27.6 Å². The molecule has 2 aliphatic rings. The number of nitrogens with zero attached hydrogens (tertiary/aromatic N) is 4. The van der Waals surface area contributed by atoms with Crippen LogP contribution in [-0.4, -0.2) is 57.2 Å². The van der Waals surface area contributed by atoms with E-state index >= 15 is 17.6 Å². The highest BCUT2D eigenvalue weighted by Gasteiger charge is 2.44. The fourth-order valence-electron chi connectivity index (χ4n) is 7.33. The normalized spacial score (nSPS) is 17.7. The van der Waals surface area contributed by atoms with E-state index in [-0.39, 0.29) is 58.8 Å². The number of fused-ring (bicyclic) bond motifs is 5. The quantitative estimate of drug-likeness (QED) is 0.174. The van der Waals surface area contributed by atoms with Crippen molar-refractivity contribution in [1.29, 1.82) is 0 Å². The van der Waals surface area contributed by atoms with E-state index in [2.05, 4.69) is 11.6 Å². The smallest absolute Gasteiger partial charge is 0.431 e. The van der Waals surface area contributed by atoms with Crippen LogP contribution >= 0.6 is 0 Å². The second-order valence-electron chi connectivity index (χ2n) is 13.4. The molecule has 2 atom stereocenters. The number of anilines is 1. The van der Waals surface area contributed by atoms with Gasteiger partial charge in [0, 0.05) is 47.4 Å². The second-order valence-corrected chi connectivity index (χ2v) is 13.4. The molecule has 2 aromatic carbocycles. The van der Waals surface area contributed by atoms with Crippen molar-refractivity contribution in [3.8, 4) is 28.3 Å². The molecule has 4 aromatic rings. The minimum atomic E-state index is -5.14. The van der Waals surface area contributed by atoms with E-state index in [1.165, 1.54) is 6.08 Å². The van der Waals surface area contributed by atoms with Gasteiger partial charge in [0.2, 0.25) is 5.91 Å². The topological polar surface area (TPSA) is 87.9 Å². The van der Waals surface area contributed by atoms with E-state index in [0.29, 0.717) is 33.8 Å². The third-order valence-corrected chi connectivity index (χ3v) is 9.49. The minimum absolute atomic E-state index is 0.0304. The third kappa shape index (κ3) is 5.41. The summed E-state index contributed by atoms with van der Waals surface area (Å²) in [7, 11) is 0. The highest BCUT2D eigenvalue weighted by atomic mass is 19.4. The molecule has 2 unspecified atom stereocenters. The Hall–Kier alpha value is -4.87. The van der Waals surface area contributed by atoms with E-state index < -0.39 is 40.7 Å². The van der Waals surface area contributed by atoms with Gasteiger partial charge in [-0.25, -0.2) is 4.39 Å². The maximum Gasteiger partial charge on any atom is 0.431 e. The fraction of sp³-hybridized carbons (Fsp3) is 0.378. The van der Waals surface area contributed by atoms with E-state index in [0.717, 1.165) is 29.8 Å². The molecular weight excluding hydrogens is 640 g/mol. The summed E-state index contributed by atoms with van der Waals surface area (Å²) in [6.07, 6.45) is -2.27. The number of pyridine rings is 2.